The first-order valence-corrected chi connectivity index (χ1v) is 6.88. The van der Waals surface area contributed by atoms with Crippen molar-refractivity contribution >= 4 is 49.3 Å². The van der Waals surface area contributed by atoms with Crippen LogP contribution >= 0.6 is 31.9 Å². The first-order valence-electron chi connectivity index (χ1n) is 5.29. The zero-order valence-corrected chi connectivity index (χ0v) is 12.8. The molecule has 0 atom stereocenters. The lowest BCUT2D eigenvalue weighted by Gasteiger charge is -2.08. The molecule has 0 aliphatic carbocycles. The molecule has 7 heteroatoms. The molecule has 2 aromatic rings. The second-order valence-corrected chi connectivity index (χ2v) is 5.42. The van der Waals surface area contributed by atoms with E-state index < -0.39 is 0 Å². The van der Waals surface area contributed by atoms with E-state index in [2.05, 4.69) is 47.6 Å². The van der Waals surface area contributed by atoms with Gasteiger partial charge in [0.05, 0.1) is 5.69 Å². The van der Waals surface area contributed by atoms with Gasteiger partial charge in [-0.25, -0.2) is 10.8 Å². The smallest absolute Gasteiger partial charge is 0.255 e. The first-order chi connectivity index (χ1) is 9.10. The summed E-state index contributed by atoms with van der Waals surface area (Å²) in [4.78, 5) is 16.0. The van der Waals surface area contributed by atoms with Crippen molar-refractivity contribution in [2.75, 3.05) is 10.7 Å². The Kier molecular flexibility index (Phi) is 4.52. The van der Waals surface area contributed by atoms with Crippen LogP contribution in [0.25, 0.3) is 0 Å². The molecule has 5 nitrogen and oxygen atoms in total. The minimum atomic E-state index is -0.234. The maximum atomic E-state index is 12.1. The Morgan fingerprint density at radius 3 is 2.68 bits per heavy atom. The first kappa shape index (κ1) is 14.0. The highest BCUT2D eigenvalue weighted by Crippen LogP contribution is 2.26. The summed E-state index contributed by atoms with van der Waals surface area (Å²) in [6, 6.07) is 8.69. The summed E-state index contributed by atoms with van der Waals surface area (Å²) in [6.07, 6.45) is 1.51. The van der Waals surface area contributed by atoms with Crippen LogP contribution < -0.4 is 16.6 Å². The average molecular weight is 386 g/mol. The number of hydrazine groups is 1. The second kappa shape index (κ2) is 6.14. The quantitative estimate of drug-likeness (QED) is 0.560. The van der Waals surface area contributed by atoms with Crippen LogP contribution in [-0.2, 0) is 0 Å². The molecule has 0 aliphatic heterocycles. The van der Waals surface area contributed by atoms with Gasteiger partial charge in [-0.2, -0.15) is 0 Å². The fourth-order valence-corrected chi connectivity index (χ4v) is 2.58. The molecule has 0 saturated carbocycles. The normalized spacial score (nSPS) is 10.1. The number of aromatic nitrogens is 1. The summed E-state index contributed by atoms with van der Waals surface area (Å²) in [6.45, 7) is 0. The molecular weight excluding hydrogens is 376 g/mol. The van der Waals surface area contributed by atoms with Crippen LogP contribution in [0.4, 0.5) is 11.5 Å². The van der Waals surface area contributed by atoms with Crippen molar-refractivity contribution < 1.29 is 4.79 Å². The van der Waals surface area contributed by atoms with Gasteiger partial charge in [0.2, 0.25) is 0 Å². The van der Waals surface area contributed by atoms with E-state index >= 15 is 0 Å². The minimum Gasteiger partial charge on any atom is -0.321 e. The lowest BCUT2D eigenvalue weighted by Crippen LogP contribution is -2.14. The molecule has 0 radical (unpaired) electrons. The molecule has 1 aromatic carbocycles. The number of nitrogen functional groups attached to an aromatic ring is 1. The van der Waals surface area contributed by atoms with Gasteiger partial charge in [-0.05, 0) is 46.3 Å². The van der Waals surface area contributed by atoms with Crippen molar-refractivity contribution in [3.8, 4) is 0 Å². The molecule has 1 heterocycles. The summed E-state index contributed by atoms with van der Waals surface area (Å²) < 4.78 is 1.72. The molecule has 0 aliphatic rings. The Balaban J connectivity index is 2.20. The highest BCUT2D eigenvalue weighted by atomic mass is 79.9. The zero-order chi connectivity index (χ0) is 13.8. The van der Waals surface area contributed by atoms with E-state index in [1.165, 1.54) is 6.20 Å². The van der Waals surface area contributed by atoms with E-state index in [1.54, 1.807) is 18.2 Å². The van der Waals surface area contributed by atoms with Gasteiger partial charge in [0.15, 0.2) is 0 Å². The van der Waals surface area contributed by atoms with Crippen molar-refractivity contribution in [3.63, 3.8) is 0 Å². The van der Waals surface area contributed by atoms with E-state index in [9.17, 15) is 4.79 Å². The summed E-state index contributed by atoms with van der Waals surface area (Å²) >= 11 is 6.74. The van der Waals surface area contributed by atoms with Gasteiger partial charge in [-0.1, -0.05) is 15.9 Å². The van der Waals surface area contributed by atoms with Crippen molar-refractivity contribution in [1.29, 1.82) is 0 Å². The number of nitrogens with two attached hydrogens (primary N) is 1. The van der Waals surface area contributed by atoms with Gasteiger partial charge in [0.1, 0.15) is 5.82 Å². The number of rotatable bonds is 3. The molecule has 19 heavy (non-hydrogen) atoms. The third-order valence-corrected chi connectivity index (χ3v) is 3.50. The van der Waals surface area contributed by atoms with Gasteiger partial charge in [-0.15, -0.1) is 0 Å². The van der Waals surface area contributed by atoms with Crippen LogP contribution in [0.3, 0.4) is 0 Å². The topological polar surface area (TPSA) is 80.0 Å². The van der Waals surface area contributed by atoms with Crippen LogP contribution in [0.2, 0.25) is 0 Å². The number of amides is 1. The van der Waals surface area contributed by atoms with Crippen LogP contribution in [0.5, 0.6) is 0 Å². The standard InChI is InChI=1S/C12H10Br2N4O/c13-8-1-2-10(9(14)6-8)17-12(19)7-3-4-16-11(5-7)18-15/h1-6H,15H2,(H,16,18)(H,17,19). The molecule has 0 unspecified atom stereocenters. The van der Waals surface area contributed by atoms with Crippen LogP contribution in [0, 0.1) is 0 Å². The SMILES string of the molecule is NNc1cc(C(=O)Nc2ccc(Br)cc2Br)ccn1. The zero-order valence-electron chi connectivity index (χ0n) is 9.65. The van der Waals surface area contributed by atoms with Gasteiger partial charge >= 0.3 is 0 Å². The molecule has 0 bridgehead atoms. The summed E-state index contributed by atoms with van der Waals surface area (Å²) in [5.74, 6) is 5.45. The van der Waals surface area contributed by atoms with Crippen LogP contribution in [0.1, 0.15) is 10.4 Å². The van der Waals surface area contributed by atoms with E-state index in [1.807, 2.05) is 12.1 Å². The minimum absolute atomic E-state index is 0.234. The molecule has 1 aromatic heterocycles. The highest BCUT2D eigenvalue weighted by Gasteiger charge is 2.09. The van der Waals surface area contributed by atoms with Crippen molar-refractivity contribution in [2.45, 2.75) is 0 Å². The highest BCUT2D eigenvalue weighted by molar-refractivity contribution is 9.11. The number of hydrogen-bond acceptors (Lipinski definition) is 4. The molecular formula is C12H10Br2N4O. The summed E-state index contributed by atoms with van der Waals surface area (Å²) in [7, 11) is 0. The molecule has 4 N–H and O–H groups in total. The van der Waals surface area contributed by atoms with E-state index in [4.69, 9.17) is 5.84 Å². The predicted molar refractivity (Wildman–Crippen MR) is 81.8 cm³/mol. The van der Waals surface area contributed by atoms with Crippen LogP contribution in [-0.4, -0.2) is 10.9 Å². The van der Waals surface area contributed by atoms with Crippen molar-refractivity contribution in [3.05, 3.63) is 51.0 Å². The average Bonchev–Trinajstić information content (AvgIpc) is 2.42. The van der Waals surface area contributed by atoms with Gasteiger partial charge in [-0.3, -0.25) is 4.79 Å². The Hall–Kier alpha value is -1.44. The van der Waals surface area contributed by atoms with E-state index in [0.717, 1.165) is 8.95 Å². The fourth-order valence-electron chi connectivity index (χ4n) is 1.44. The molecule has 1 amide bonds. The van der Waals surface area contributed by atoms with Crippen molar-refractivity contribution in [1.82, 2.24) is 4.98 Å². The lowest BCUT2D eigenvalue weighted by atomic mass is 10.2. The predicted octanol–water partition coefficient (Wildman–Crippen LogP) is 3.14. The Labute approximate surface area is 126 Å². The Bertz CT molecular complexity index is 618. The monoisotopic (exact) mass is 384 g/mol. The fraction of sp³-hybridized carbons (Fsp3) is 0. The number of carbonyl (C=O) groups excluding carboxylic acids is 1. The third kappa shape index (κ3) is 3.52. The second-order valence-electron chi connectivity index (χ2n) is 3.65. The number of benzene rings is 1. The van der Waals surface area contributed by atoms with Gasteiger partial charge < -0.3 is 10.7 Å². The molecule has 2 rings (SSSR count). The number of pyridine rings is 1. The van der Waals surface area contributed by atoms with Gasteiger partial charge in [0.25, 0.3) is 5.91 Å². The van der Waals surface area contributed by atoms with E-state index in [0.29, 0.717) is 17.1 Å². The maximum absolute atomic E-state index is 12.1. The largest absolute Gasteiger partial charge is 0.321 e. The molecule has 98 valence electrons. The number of halogens is 2. The Morgan fingerprint density at radius 2 is 2.00 bits per heavy atom. The van der Waals surface area contributed by atoms with E-state index in [-0.39, 0.29) is 5.91 Å². The number of hydrogen-bond donors (Lipinski definition) is 3. The number of carbonyl (C=O) groups is 1. The maximum Gasteiger partial charge on any atom is 0.255 e. The molecule has 0 saturated heterocycles. The number of anilines is 2. The molecule has 0 spiro atoms. The lowest BCUT2D eigenvalue weighted by molar-refractivity contribution is 0.102. The number of nitrogens with one attached hydrogen (secondary N) is 2. The van der Waals surface area contributed by atoms with Gasteiger partial charge in [0, 0.05) is 20.7 Å². The summed E-state index contributed by atoms with van der Waals surface area (Å²) in [5.41, 5.74) is 3.56. The van der Waals surface area contributed by atoms with Crippen LogP contribution in [0.15, 0.2) is 45.5 Å². The third-order valence-electron chi connectivity index (χ3n) is 2.35. The number of nitrogens with zero attached hydrogens (tertiary/aromatic N) is 1. The van der Waals surface area contributed by atoms with Crippen molar-refractivity contribution in [2.24, 2.45) is 5.84 Å². The Morgan fingerprint density at radius 1 is 1.21 bits per heavy atom. The summed E-state index contributed by atoms with van der Waals surface area (Å²) in [5, 5.41) is 2.80. The molecule has 0 fully saturated rings.